The van der Waals surface area contributed by atoms with Crippen LogP contribution in [0.2, 0.25) is 0 Å². The van der Waals surface area contributed by atoms with E-state index in [9.17, 15) is 9.50 Å². The number of halogens is 1. The van der Waals surface area contributed by atoms with Crippen LogP contribution in [0.1, 0.15) is 31.4 Å². The zero-order valence-electron chi connectivity index (χ0n) is 10.1. The molecular weight excluding hydrogens is 219 g/mol. The van der Waals surface area contributed by atoms with Crippen molar-refractivity contribution in [3.63, 3.8) is 0 Å². The molecule has 0 saturated carbocycles. The van der Waals surface area contributed by atoms with Crippen LogP contribution in [0.5, 0.6) is 0 Å². The van der Waals surface area contributed by atoms with Gasteiger partial charge in [0.25, 0.3) is 0 Å². The van der Waals surface area contributed by atoms with Gasteiger partial charge in [-0.05, 0) is 19.4 Å². The Balaban J connectivity index is 2.62. The van der Waals surface area contributed by atoms with E-state index < -0.39 is 11.4 Å². The number of nitrogens with one attached hydrogen (secondary N) is 1. The molecule has 1 aromatic rings. The molecule has 1 atom stereocenters. The van der Waals surface area contributed by atoms with E-state index in [2.05, 4.69) is 5.32 Å². The fraction of sp³-hybridized carbons (Fsp3) is 0.462. The minimum absolute atomic E-state index is 0.0477. The van der Waals surface area contributed by atoms with Crippen molar-refractivity contribution in [2.45, 2.75) is 32.4 Å². The van der Waals surface area contributed by atoms with Crippen molar-refractivity contribution in [1.82, 2.24) is 5.32 Å². The van der Waals surface area contributed by atoms with Crippen molar-refractivity contribution in [3.05, 3.63) is 35.1 Å². The number of rotatable bonds is 5. The van der Waals surface area contributed by atoms with Crippen molar-refractivity contribution >= 4 is 0 Å². The molecule has 1 rings (SSSR count). The molecule has 92 valence electrons. The largest absolute Gasteiger partial charge is 0.389 e. The summed E-state index contributed by atoms with van der Waals surface area (Å²) in [6, 6.07) is 6.53. The highest BCUT2D eigenvalue weighted by Crippen LogP contribution is 2.12. The van der Waals surface area contributed by atoms with E-state index in [0.29, 0.717) is 25.1 Å². The molecular formula is C13H17FN2O. The fourth-order valence-electron chi connectivity index (χ4n) is 1.39. The number of hydrogen-bond acceptors (Lipinski definition) is 3. The summed E-state index contributed by atoms with van der Waals surface area (Å²) in [4.78, 5) is 0. The standard InChI is InChI=1S/C13H17FN2O/c1-3-13(2,17)9-16-8-11-6-4-5-10(7-15)12(11)14/h4-6,16-17H,3,8-9H2,1-2H3. The molecule has 0 heterocycles. The molecule has 1 aromatic carbocycles. The topological polar surface area (TPSA) is 56.0 Å². The highest BCUT2D eigenvalue weighted by molar-refractivity contribution is 5.34. The fourth-order valence-corrected chi connectivity index (χ4v) is 1.39. The van der Waals surface area contributed by atoms with Crippen LogP contribution in [0.15, 0.2) is 18.2 Å². The maximum atomic E-state index is 13.6. The first-order valence-corrected chi connectivity index (χ1v) is 5.61. The average molecular weight is 236 g/mol. The molecule has 0 bridgehead atoms. The molecule has 0 aromatic heterocycles. The van der Waals surface area contributed by atoms with E-state index >= 15 is 0 Å². The normalized spacial score (nSPS) is 14.1. The third-order valence-electron chi connectivity index (χ3n) is 2.78. The third kappa shape index (κ3) is 3.81. The molecule has 1 unspecified atom stereocenters. The van der Waals surface area contributed by atoms with E-state index in [0.717, 1.165) is 0 Å². The molecule has 0 amide bonds. The molecule has 0 fully saturated rings. The number of nitriles is 1. The number of benzene rings is 1. The molecule has 0 aliphatic carbocycles. The van der Waals surface area contributed by atoms with Crippen molar-refractivity contribution in [2.75, 3.05) is 6.54 Å². The van der Waals surface area contributed by atoms with Gasteiger partial charge in [-0.25, -0.2) is 4.39 Å². The summed E-state index contributed by atoms with van der Waals surface area (Å²) < 4.78 is 13.6. The second kappa shape index (κ2) is 5.76. The van der Waals surface area contributed by atoms with Crippen LogP contribution in [0.25, 0.3) is 0 Å². The van der Waals surface area contributed by atoms with Crippen LogP contribution in [0.4, 0.5) is 4.39 Å². The smallest absolute Gasteiger partial charge is 0.145 e. The summed E-state index contributed by atoms with van der Waals surface area (Å²) >= 11 is 0. The van der Waals surface area contributed by atoms with E-state index in [4.69, 9.17) is 5.26 Å². The van der Waals surface area contributed by atoms with E-state index in [1.807, 2.05) is 6.92 Å². The van der Waals surface area contributed by atoms with Gasteiger partial charge in [0.1, 0.15) is 11.9 Å². The van der Waals surface area contributed by atoms with Gasteiger partial charge < -0.3 is 10.4 Å². The predicted molar refractivity (Wildman–Crippen MR) is 63.7 cm³/mol. The van der Waals surface area contributed by atoms with Crippen LogP contribution in [0, 0.1) is 17.1 Å². The lowest BCUT2D eigenvalue weighted by Crippen LogP contribution is -2.36. The Bertz CT molecular complexity index is 424. The molecule has 0 saturated heterocycles. The SMILES string of the molecule is CCC(C)(O)CNCc1cccc(C#N)c1F. The Kier molecular flexibility index (Phi) is 4.62. The molecule has 2 N–H and O–H groups in total. The maximum Gasteiger partial charge on any atom is 0.145 e. The Labute approximate surface area is 101 Å². The van der Waals surface area contributed by atoms with E-state index in [1.54, 1.807) is 25.1 Å². The summed E-state index contributed by atoms with van der Waals surface area (Å²) in [6.07, 6.45) is 0.626. The summed E-state index contributed by atoms with van der Waals surface area (Å²) in [5.74, 6) is -0.487. The van der Waals surface area contributed by atoms with Gasteiger partial charge >= 0.3 is 0 Å². The minimum atomic E-state index is -0.788. The van der Waals surface area contributed by atoms with Crippen molar-refractivity contribution in [1.29, 1.82) is 5.26 Å². The van der Waals surface area contributed by atoms with Gasteiger partial charge in [0.15, 0.2) is 0 Å². The van der Waals surface area contributed by atoms with Gasteiger partial charge in [-0.2, -0.15) is 5.26 Å². The molecule has 0 aliphatic rings. The second-order valence-corrected chi connectivity index (χ2v) is 4.34. The highest BCUT2D eigenvalue weighted by atomic mass is 19.1. The van der Waals surface area contributed by atoms with Crippen molar-refractivity contribution in [3.8, 4) is 6.07 Å². The van der Waals surface area contributed by atoms with Gasteiger partial charge in [0.2, 0.25) is 0 Å². The Hall–Kier alpha value is -1.44. The number of nitrogens with zero attached hydrogens (tertiary/aromatic N) is 1. The first kappa shape index (κ1) is 13.6. The lowest BCUT2D eigenvalue weighted by molar-refractivity contribution is 0.0555. The van der Waals surface area contributed by atoms with Crippen LogP contribution in [-0.4, -0.2) is 17.3 Å². The summed E-state index contributed by atoms with van der Waals surface area (Å²) in [5, 5.41) is 21.4. The van der Waals surface area contributed by atoms with Crippen molar-refractivity contribution < 1.29 is 9.50 Å². The summed E-state index contributed by atoms with van der Waals surface area (Å²) in [6.45, 7) is 4.30. The number of aliphatic hydroxyl groups is 1. The monoisotopic (exact) mass is 236 g/mol. The zero-order valence-corrected chi connectivity index (χ0v) is 10.1. The van der Waals surface area contributed by atoms with Gasteiger partial charge in [-0.1, -0.05) is 19.1 Å². The lowest BCUT2D eigenvalue weighted by Gasteiger charge is -2.21. The van der Waals surface area contributed by atoms with Gasteiger partial charge in [-0.15, -0.1) is 0 Å². The zero-order chi connectivity index (χ0) is 12.9. The van der Waals surface area contributed by atoms with Crippen LogP contribution in [-0.2, 0) is 6.54 Å². The lowest BCUT2D eigenvalue weighted by atomic mass is 10.0. The number of hydrogen-bond donors (Lipinski definition) is 2. The first-order valence-electron chi connectivity index (χ1n) is 5.61. The predicted octanol–water partition coefficient (Wildman–Crippen LogP) is 1.95. The van der Waals surface area contributed by atoms with Crippen molar-refractivity contribution in [2.24, 2.45) is 0 Å². The van der Waals surface area contributed by atoms with Gasteiger partial charge in [0.05, 0.1) is 11.2 Å². The Morgan fingerprint density at radius 3 is 2.82 bits per heavy atom. The molecule has 3 nitrogen and oxygen atoms in total. The molecule has 0 aliphatic heterocycles. The van der Waals surface area contributed by atoms with E-state index in [-0.39, 0.29) is 5.56 Å². The second-order valence-electron chi connectivity index (χ2n) is 4.34. The minimum Gasteiger partial charge on any atom is -0.389 e. The third-order valence-corrected chi connectivity index (χ3v) is 2.78. The van der Waals surface area contributed by atoms with Crippen LogP contribution in [0.3, 0.4) is 0 Å². The quantitative estimate of drug-likeness (QED) is 0.821. The van der Waals surface area contributed by atoms with Crippen LogP contribution < -0.4 is 5.32 Å². The summed E-state index contributed by atoms with van der Waals surface area (Å²) in [7, 11) is 0. The van der Waals surface area contributed by atoms with Crippen LogP contribution >= 0.6 is 0 Å². The molecule has 17 heavy (non-hydrogen) atoms. The molecule has 0 spiro atoms. The van der Waals surface area contributed by atoms with Gasteiger partial charge in [-0.3, -0.25) is 0 Å². The Morgan fingerprint density at radius 1 is 1.53 bits per heavy atom. The first-order chi connectivity index (χ1) is 8.00. The van der Waals surface area contributed by atoms with E-state index in [1.165, 1.54) is 6.07 Å². The average Bonchev–Trinajstić information content (AvgIpc) is 2.31. The molecule has 0 radical (unpaired) electrons. The highest BCUT2D eigenvalue weighted by Gasteiger charge is 2.16. The molecule has 4 heteroatoms. The van der Waals surface area contributed by atoms with Gasteiger partial charge in [0, 0.05) is 18.7 Å². The summed E-state index contributed by atoms with van der Waals surface area (Å²) in [5.41, 5.74) is -0.300. The maximum absolute atomic E-state index is 13.6. The Morgan fingerprint density at radius 2 is 2.24 bits per heavy atom.